The van der Waals surface area contributed by atoms with Crippen LogP contribution < -0.4 is 9.64 Å². The molecule has 1 fully saturated rings. The van der Waals surface area contributed by atoms with Crippen LogP contribution in [-0.2, 0) is 20.9 Å². The van der Waals surface area contributed by atoms with Crippen molar-refractivity contribution >= 4 is 39.9 Å². The van der Waals surface area contributed by atoms with Crippen molar-refractivity contribution < 1.29 is 29.0 Å². The summed E-state index contributed by atoms with van der Waals surface area (Å²) in [5, 5.41) is 11.6. The number of Topliss-reactive ketones (excluding diaryl/α,β-unsaturated/α-hetero) is 1. The van der Waals surface area contributed by atoms with E-state index in [1.54, 1.807) is 50.2 Å². The maximum absolute atomic E-state index is 13.5. The summed E-state index contributed by atoms with van der Waals surface area (Å²) >= 11 is 0.975. The van der Waals surface area contributed by atoms with Crippen molar-refractivity contribution in [1.82, 2.24) is 4.98 Å². The number of carbonyl (C=O) groups excluding carboxylic acids is 3. The normalized spacial score (nSPS) is 16.1. The molecule has 0 spiro atoms. The number of rotatable bonds is 8. The molecule has 3 aromatic carbocycles. The Labute approximate surface area is 247 Å². The highest BCUT2D eigenvalue weighted by Gasteiger charge is 2.48. The van der Waals surface area contributed by atoms with Gasteiger partial charge in [0.05, 0.1) is 23.9 Å². The van der Waals surface area contributed by atoms with Gasteiger partial charge in [0.25, 0.3) is 5.78 Å². The van der Waals surface area contributed by atoms with Crippen LogP contribution in [0.4, 0.5) is 5.13 Å². The number of hydrogen-bond donors (Lipinski definition) is 1. The van der Waals surface area contributed by atoms with Crippen molar-refractivity contribution in [1.29, 1.82) is 0 Å². The molecule has 5 rings (SSSR count). The van der Waals surface area contributed by atoms with E-state index in [1.165, 1.54) is 4.90 Å². The number of thiazole rings is 1. The summed E-state index contributed by atoms with van der Waals surface area (Å²) < 4.78 is 11.0. The minimum Gasteiger partial charge on any atom is -0.507 e. The molecule has 0 radical (unpaired) electrons. The average molecular weight is 583 g/mol. The summed E-state index contributed by atoms with van der Waals surface area (Å²) in [5.41, 5.74) is 4.46. The fraction of sp³-hybridized carbons (Fsp3) is 0.212. The number of ether oxygens (including phenoxy) is 2. The minimum atomic E-state index is -0.955. The zero-order chi connectivity index (χ0) is 30.0. The van der Waals surface area contributed by atoms with Crippen LogP contribution in [0.3, 0.4) is 0 Å². The number of ketones is 1. The lowest BCUT2D eigenvalue weighted by molar-refractivity contribution is -0.132. The number of aliphatic hydroxyl groups excluding tert-OH is 1. The molecule has 2 heterocycles. The Morgan fingerprint density at radius 2 is 1.69 bits per heavy atom. The van der Waals surface area contributed by atoms with Gasteiger partial charge in [-0.15, -0.1) is 0 Å². The molecule has 1 saturated heterocycles. The van der Waals surface area contributed by atoms with Gasteiger partial charge in [-0.3, -0.25) is 14.5 Å². The van der Waals surface area contributed by atoms with Gasteiger partial charge in [-0.05, 0) is 63.1 Å². The fourth-order valence-corrected chi connectivity index (χ4v) is 5.79. The quantitative estimate of drug-likeness (QED) is 0.110. The van der Waals surface area contributed by atoms with E-state index in [0.717, 1.165) is 28.0 Å². The molecule has 1 aliphatic rings. The monoisotopic (exact) mass is 582 g/mol. The smallest absolute Gasteiger partial charge is 0.350 e. The highest BCUT2D eigenvalue weighted by molar-refractivity contribution is 7.17. The molecule has 0 aliphatic carbocycles. The number of anilines is 1. The summed E-state index contributed by atoms with van der Waals surface area (Å²) in [7, 11) is 0. The first kappa shape index (κ1) is 28.8. The van der Waals surface area contributed by atoms with Crippen molar-refractivity contribution in [3.05, 3.63) is 117 Å². The van der Waals surface area contributed by atoms with Crippen LogP contribution in [0.1, 0.15) is 56.1 Å². The molecule has 0 saturated carbocycles. The van der Waals surface area contributed by atoms with Crippen molar-refractivity contribution in [3.63, 3.8) is 0 Å². The van der Waals surface area contributed by atoms with E-state index in [1.807, 2.05) is 50.2 Å². The maximum atomic E-state index is 13.5. The Hall–Kier alpha value is -4.76. The average Bonchev–Trinajstić information content (AvgIpc) is 3.48. The van der Waals surface area contributed by atoms with Gasteiger partial charge >= 0.3 is 11.9 Å². The number of esters is 1. The van der Waals surface area contributed by atoms with E-state index in [9.17, 15) is 19.5 Å². The van der Waals surface area contributed by atoms with E-state index in [2.05, 4.69) is 4.98 Å². The zero-order valence-corrected chi connectivity index (χ0v) is 24.5. The van der Waals surface area contributed by atoms with E-state index >= 15 is 0 Å². The SMILES string of the molecule is CCOC(=O)c1sc(N2C(=O)C(=O)C(=C(O)c3ccc(OCc4cccc(C)c4)cc3)C2c2ccc(C)cc2)nc1C. The van der Waals surface area contributed by atoms with Gasteiger partial charge in [0, 0.05) is 5.56 Å². The van der Waals surface area contributed by atoms with E-state index in [-0.39, 0.29) is 27.9 Å². The third-order valence-electron chi connectivity index (χ3n) is 6.91. The zero-order valence-electron chi connectivity index (χ0n) is 23.7. The predicted octanol–water partition coefficient (Wildman–Crippen LogP) is 6.45. The molecule has 1 amide bonds. The second-order valence-corrected chi connectivity index (χ2v) is 11.0. The predicted molar refractivity (Wildman–Crippen MR) is 161 cm³/mol. The molecular weight excluding hydrogens is 552 g/mol. The highest BCUT2D eigenvalue weighted by atomic mass is 32.1. The van der Waals surface area contributed by atoms with Crippen molar-refractivity contribution in [2.75, 3.05) is 11.5 Å². The summed E-state index contributed by atoms with van der Waals surface area (Å²) in [4.78, 5) is 45.4. The van der Waals surface area contributed by atoms with Gasteiger partial charge in [-0.1, -0.05) is 71.0 Å². The topological polar surface area (TPSA) is 106 Å². The molecule has 1 aromatic heterocycles. The number of nitrogens with zero attached hydrogens (tertiary/aromatic N) is 2. The second-order valence-electron chi connectivity index (χ2n) is 10.0. The lowest BCUT2D eigenvalue weighted by atomic mass is 9.95. The Kier molecular flexibility index (Phi) is 8.22. The summed E-state index contributed by atoms with van der Waals surface area (Å²) in [5.74, 6) is -1.96. The number of hydrogen-bond acceptors (Lipinski definition) is 8. The fourth-order valence-electron chi connectivity index (χ4n) is 4.80. The molecule has 0 bridgehead atoms. The number of aryl methyl sites for hydroxylation is 3. The van der Waals surface area contributed by atoms with E-state index in [0.29, 0.717) is 29.2 Å². The van der Waals surface area contributed by atoms with Gasteiger partial charge in [-0.25, -0.2) is 9.78 Å². The van der Waals surface area contributed by atoms with Gasteiger partial charge in [0.15, 0.2) is 5.13 Å². The van der Waals surface area contributed by atoms with E-state index in [4.69, 9.17) is 9.47 Å². The molecule has 1 aliphatic heterocycles. The standard InChI is InChI=1S/C33H30N2O6S/c1-5-40-32(39)30-21(4)34-33(42-30)35-27(23-11-9-19(2)10-12-23)26(29(37)31(35)38)28(36)24-13-15-25(16-14-24)41-18-22-8-6-7-20(3)17-22/h6-17,27,36H,5,18H2,1-4H3. The van der Waals surface area contributed by atoms with Crippen molar-refractivity contribution in [2.45, 2.75) is 40.3 Å². The molecule has 1 unspecified atom stereocenters. The third kappa shape index (κ3) is 5.69. The largest absolute Gasteiger partial charge is 0.507 e. The van der Waals surface area contributed by atoms with Crippen LogP contribution in [0.5, 0.6) is 5.75 Å². The number of aromatic nitrogens is 1. The van der Waals surface area contributed by atoms with Gasteiger partial charge in [0.2, 0.25) is 0 Å². The first-order chi connectivity index (χ1) is 20.2. The van der Waals surface area contributed by atoms with Gasteiger partial charge in [-0.2, -0.15) is 0 Å². The van der Waals surface area contributed by atoms with Gasteiger partial charge in [0.1, 0.15) is 23.0 Å². The van der Waals surface area contributed by atoms with Crippen molar-refractivity contribution in [2.24, 2.45) is 0 Å². The molecule has 8 nitrogen and oxygen atoms in total. The van der Waals surface area contributed by atoms with Gasteiger partial charge < -0.3 is 14.6 Å². The maximum Gasteiger partial charge on any atom is 0.350 e. The Balaban J connectivity index is 1.52. The van der Waals surface area contributed by atoms with Crippen molar-refractivity contribution in [3.8, 4) is 5.75 Å². The molecule has 42 heavy (non-hydrogen) atoms. The van der Waals surface area contributed by atoms with Crippen LogP contribution in [-0.4, -0.2) is 34.4 Å². The minimum absolute atomic E-state index is 0.0668. The first-order valence-corrected chi connectivity index (χ1v) is 14.3. The van der Waals surface area contributed by atoms with Crippen LogP contribution in [0.2, 0.25) is 0 Å². The Bertz CT molecular complexity index is 1690. The molecular formula is C33H30N2O6S. The third-order valence-corrected chi connectivity index (χ3v) is 8.04. The Morgan fingerprint density at radius 3 is 2.36 bits per heavy atom. The summed E-state index contributed by atoms with van der Waals surface area (Å²) in [6.45, 7) is 7.87. The number of carbonyl (C=O) groups is 3. The first-order valence-electron chi connectivity index (χ1n) is 13.5. The van der Waals surface area contributed by atoms with Crippen LogP contribution in [0.25, 0.3) is 5.76 Å². The molecule has 1 N–H and O–H groups in total. The number of benzene rings is 3. The number of amides is 1. The van der Waals surface area contributed by atoms with Crippen LogP contribution >= 0.6 is 11.3 Å². The molecule has 214 valence electrons. The van der Waals surface area contributed by atoms with Crippen LogP contribution in [0, 0.1) is 20.8 Å². The molecule has 4 aromatic rings. The summed E-state index contributed by atoms with van der Waals surface area (Å²) in [6, 6.07) is 21.1. The second kappa shape index (κ2) is 12.0. The van der Waals surface area contributed by atoms with Crippen LogP contribution in [0.15, 0.2) is 78.4 Å². The number of aliphatic hydroxyl groups is 1. The van der Waals surface area contributed by atoms with E-state index < -0.39 is 23.7 Å². The molecule has 9 heteroatoms. The highest BCUT2D eigenvalue weighted by Crippen LogP contribution is 2.44. The Morgan fingerprint density at radius 1 is 0.976 bits per heavy atom. The lowest BCUT2D eigenvalue weighted by Gasteiger charge is -2.23. The molecule has 1 atom stereocenters. The lowest BCUT2D eigenvalue weighted by Crippen LogP contribution is -2.29. The summed E-state index contributed by atoms with van der Waals surface area (Å²) in [6.07, 6.45) is 0.